The van der Waals surface area contributed by atoms with E-state index < -0.39 is 16.1 Å². The standard InChI is InChI=1S/C32H46O2S4Si2/c1-17(2)39(18(3)4,19(5)6)25-15-13-23(35-25)27-29-30(38-31(27)33)28(32(34)37-29)24-14-16-26(36-24)40(20(7)8,21(9)10)22(11)12/h13-22H,1-12H3. The molecule has 2 aromatic rings. The third-order valence-corrected chi connectivity index (χ3v) is 30.0. The second-order valence-corrected chi connectivity index (χ2v) is 29.9. The van der Waals surface area contributed by atoms with Gasteiger partial charge in [-0.15, -0.1) is 22.7 Å². The van der Waals surface area contributed by atoms with Crippen LogP contribution < -0.4 is 9.00 Å². The van der Waals surface area contributed by atoms with Crippen LogP contribution in [0.2, 0.25) is 33.2 Å². The summed E-state index contributed by atoms with van der Waals surface area (Å²) in [6, 6.07) is 8.94. The molecule has 0 amide bonds. The Balaban J connectivity index is 1.82. The van der Waals surface area contributed by atoms with Gasteiger partial charge in [-0.25, -0.2) is 0 Å². The van der Waals surface area contributed by atoms with Gasteiger partial charge in [0.05, 0.1) is 11.1 Å². The molecule has 0 saturated carbocycles. The van der Waals surface area contributed by atoms with Crippen molar-refractivity contribution in [2.45, 2.75) is 116 Å². The Morgan fingerprint density at radius 3 is 1.00 bits per heavy atom. The molecule has 40 heavy (non-hydrogen) atoms. The van der Waals surface area contributed by atoms with Crippen LogP contribution in [0.1, 0.15) is 92.8 Å². The first-order chi connectivity index (χ1) is 18.6. The van der Waals surface area contributed by atoms with E-state index in [0.717, 1.165) is 30.7 Å². The van der Waals surface area contributed by atoms with Crippen LogP contribution in [0, 0.1) is 0 Å². The summed E-state index contributed by atoms with van der Waals surface area (Å²) < 4.78 is 2.97. The van der Waals surface area contributed by atoms with Gasteiger partial charge in [0.2, 0.25) is 10.2 Å². The number of thioether (sulfide) groups is 2. The lowest BCUT2D eigenvalue weighted by Gasteiger charge is -2.42. The molecule has 2 aliphatic heterocycles. The summed E-state index contributed by atoms with van der Waals surface area (Å²) in [5, 5.41) is 0.183. The second kappa shape index (κ2) is 11.8. The van der Waals surface area contributed by atoms with Gasteiger partial charge in [0.1, 0.15) is 16.1 Å². The Morgan fingerprint density at radius 2 is 0.750 bits per heavy atom. The van der Waals surface area contributed by atoms with Crippen molar-refractivity contribution in [2.75, 3.05) is 0 Å². The number of thiophene rings is 2. The van der Waals surface area contributed by atoms with Gasteiger partial charge in [-0.1, -0.05) is 95.2 Å². The van der Waals surface area contributed by atoms with Crippen molar-refractivity contribution < 1.29 is 9.59 Å². The number of fused-ring (bicyclic) bond motifs is 1. The highest BCUT2D eigenvalue weighted by Crippen LogP contribution is 2.58. The first kappa shape index (κ1) is 32.3. The van der Waals surface area contributed by atoms with Crippen LogP contribution in [0.15, 0.2) is 34.1 Å². The number of rotatable bonds is 10. The zero-order valence-corrected chi connectivity index (χ0v) is 31.5. The minimum atomic E-state index is -1.81. The molecule has 2 aromatic heterocycles. The van der Waals surface area contributed by atoms with Crippen molar-refractivity contribution in [3.8, 4) is 0 Å². The van der Waals surface area contributed by atoms with E-state index in [1.54, 1.807) is 0 Å². The maximum absolute atomic E-state index is 13.5. The van der Waals surface area contributed by atoms with Crippen LogP contribution in [-0.2, 0) is 9.59 Å². The van der Waals surface area contributed by atoms with E-state index in [4.69, 9.17) is 0 Å². The molecule has 0 unspecified atom stereocenters. The second-order valence-electron chi connectivity index (χ2n) is 13.3. The molecule has 0 saturated heterocycles. The predicted molar refractivity (Wildman–Crippen MR) is 189 cm³/mol. The minimum Gasteiger partial charge on any atom is -0.281 e. The molecule has 0 aromatic carbocycles. The largest absolute Gasteiger partial charge is 0.281 e. The summed E-state index contributed by atoms with van der Waals surface area (Å²) in [6.07, 6.45) is 0. The molecule has 0 fully saturated rings. The third kappa shape index (κ3) is 4.81. The van der Waals surface area contributed by atoms with E-state index in [1.807, 2.05) is 22.7 Å². The molecule has 0 atom stereocenters. The van der Waals surface area contributed by atoms with Crippen molar-refractivity contribution in [1.29, 1.82) is 0 Å². The van der Waals surface area contributed by atoms with E-state index >= 15 is 0 Å². The van der Waals surface area contributed by atoms with Gasteiger partial charge in [-0.3, -0.25) is 9.59 Å². The number of carbonyl (C=O) groups excluding carboxylic acids is 2. The first-order valence-electron chi connectivity index (χ1n) is 14.8. The fourth-order valence-corrected chi connectivity index (χ4v) is 31.2. The molecule has 0 bridgehead atoms. The predicted octanol–water partition coefficient (Wildman–Crippen LogP) is 10.3. The maximum Gasteiger partial charge on any atom is 0.226 e. The molecule has 218 valence electrons. The van der Waals surface area contributed by atoms with Gasteiger partial charge < -0.3 is 0 Å². The highest BCUT2D eigenvalue weighted by Gasteiger charge is 2.48. The van der Waals surface area contributed by atoms with Crippen LogP contribution in [0.5, 0.6) is 0 Å². The third-order valence-electron chi connectivity index (χ3n) is 9.75. The Bertz CT molecular complexity index is 1220. The van der Waals surface area contributed by atoms with E-state index in [1.165, 1.54) is 32.5 Å². The van der Waals surface area contributed by atoms with Gasteiger partial charge in [-0.05, 0) is 77.9 Å². The average Bonchev–Trinajstić information content (AvgIpc) is 3.58. The van der Waals surface area contributed by atoms with Crippen LogP contribution in [0.3, 0.4) is 0 Å². The van der Waals surface area contributed by atoms with Crippen LogP contribution in [0.25, 0.3) is 11.1 Å². The Kier molecular flexibility index (Phi) is 9.52. The molecule has 0 N–H and O–H groups in total. The monoisotopic (exact) mass is 646 g/mol. The summed E-state index contributed by atoms with van der Waals surface area (Å²) in [6.45, 7) is 28.6. The van der Waals surface area contributed by atoms with Crippen molar-refractivity contribution >= 4 is 92.7 Å². The molecule has 0 radical (unpaired) electrons. The van der Waals surface area contributed by atoms with Crippen molar-refractivity contribution in [3.05, 3.63) is 43.8 Å². The number of hydrogen-bond donors (Lipinski definition) is 0. The lowest BCUT2D eigenvalue weighted by atomic mass is 10.1. The Labute approximate surface area is 260 Å². The van der Waals surface area contributed by atoms with Gasteiger partial charge in [-0.2, -0.15) is 0 Å². The highest BCUT2D eigenvalue weighted by atomic mass is 32.2. The minimum absolute atomic E-state index is 0.0915. The zero-order valence-electron chi connectivity index (χ0n) is 26.2. The van der Waals surface area contributed by atoms with Gasteiger partial charge in [0, 0.05) is 19.6 Å². The lowest BCUT2D eigenvalue weighted by molar-refractivity contribution is -0.106. The van der Waals surface area contributed by atoms with Crippen molar-refractivity contribution in [2.24, 2.45) is 0 Å². The summed E-state index contributed by atoms with van der Waals surface area (Å²) in [7, 11) is -3.63. The molecule has 8 heteroatoms. The fourth-order valence-electron chi connectivity index (χ4n) is 8.44. The summed E-state index contributed by atoms with van der Waals surface area (Å²) in [4.78, 5) is 30.9. The molecular formula is C32H46O2S4Si2. The van der Waals surface area contributed by atoms with E-state index in [2.05, 4.69) is 107 Å². The number of carbonyl (C=O) groups is 2. The van der Waals surface area contributed by atoms with Gasteiger partial charge in [0.15, 0.2) is 0 Å². The van der Waals surface area contributed by atoms with Crippen LogP contribution in [-0.4, -0.2) is 26.4 Å². The summed E-state index contributed by atoms with van der Waals surface area (Å²) >= 11 is 6.20. The zero-order chi connectivity index (χ0) is 29.9. The normalized spacial score (nSPS) is 17.1. The lowest BCUT2D eigenvalue weighted by Crippen LogP contribution is -2.54. The highest BCUT2D eigenvalue weighted by molar-refractivity contribution is 8.25. The van der Waals surface area contributed by atoms with E-state index in [9.17, 15) is 9.59 Å². The molecular weight excluding hydrogens is 601 g/mol. The van der Waals surface area contributed by atoms with Crippen LogP contribution >= 0.6 is 46.2 Å². The number of hydrogen-bond acceptors (Lipinski definition) is 6. The fraction of sp³-hybridized carbons (Fsp3) is 0.562. The molecule has 2 aliphatic rings. The SMILES string of the molecule is CC(C)[Si](c1ccc(C2=C3SC(=O)C(c4ccc([Si](C(C)C)(C(C)C)C(C)C)s4)=C3SC2=O)s1)(C(C)C)C(C)C. The molecule has 0 aliphatic carbocycles. The molecule has 4 heterocycles. The quantitative estimate of drug-likeness (QED) is 0.241. The Morgan fingerprint density at radius 1 is 0.475 bits per heavy atom. The maximum atomic E-state index is 13.5. The molecule has 2 nitrogen and oxygen atoms in total. The van der Waals surface area contributed by atoms with Crippen molar-refractivity contribution in [3.63, 3.8) is 0 Å². The van der Waals surface area contributed by atoms with E-state index in [-0.39, 0.29) is 10.2 Å². The van der Waals surface area contributed by atoms with E-state index in [0.29, 0.717) is 33.2 Å². The topological polar surface area (TPSA) is 34.1 Å². The van der Waals surface area contributed by atoms with Crippen LogP contribution in [0.4, 0.5) is 0 Å². The summed E-state index contributed by atoms with van der Waals surface area (Å²) in [5.41, 5.74) is 5.19. The van der Waals surface area contributed by atoms with Gasteiger partial charge >= 0.3 is 0 Å². The van der Waals surface area contributed by atoms with Gasteiger partial charge in [0.25, 0.3) is 0 Å². The molecule has 4 rings (SSSR count). The van der Waals surface area contributed by atoms with Crippen molar-refractivity contribution in [1.82, 2.24) is 0 Å². The summed E-state index contributed by atoms with van der Waals surface area (Å²) in [5.74, 6) is 0. The average molecular weight is 647 g/mol. The Hall–Kier alpha value is -0.646. The first-order valence-corrected chi connectivity index (χ1v) is 22.5. The smallest absolute Gasteiger partial charge is 0.226 e. The molecule has 0 spiro atoms.